The predicted octanol–water partition coefficient (Wildman–Crippen LogP) is 0.414. The average Bonchev–Trinajstić information content (AvgIpc) is 2.35. The number of rotatable bonds is 5. The number of benzene rings is 1. The first-order valence-corrected chi connectivity index (χ1v) is 5.32. The van der Waals surface area contributed by atoms with Gasteiger partial charge in [-0.2, -0.15) is 0 Å². The molecular weight excluding hydrogens is 242 g/mol. The first kappa shape index (κ1) is 14.3. The first-order valence-electron chi connectivity index (χ1n) is 5.32. The normalized spacial score (nSPS) is 12.7. The Morgan fingerprint density at radius 2 is 2.06 bits per heavy atom. The monoisotopic (exact) mass is 256 g/mol. The van der Waals surface area contributed by atoms with Crippen LogP contribution in [0.3, 0.4) is 0 Å². The summed E-state index contributed by atoms with van der Waals surface area (Å²) in [4.78, 5) is 11.3. The molecule has 1 aromatic rings. The van der Waals surface area contributed by atoms with Crippen LogP contribution in [0.5, 0.6) is 0 Å². The van der Waals surface area contributed by atoms with E-state index in [0.29, 0.717) is 0 Å². The van der Waals surface area contributed by atoms with Gasteiger partial charge in [0, 0.05) is 24.7 Å². The van der Waals surface area contributed by atoms with Gasteiger partial charge in [0.2, 0.25) is 5.91 Å². The molecule has 0 aromatic heterocycles. The van der Waals surface area contributed by atoms with Gasteiger partial charge in [0.1, 0.15) is 11.6 Å². The number of halogens is 2. The lowest BCUT2D eigenvalue weighted by molar-refractivity contribution is -0.116. The van der Waals surface area contributed by atoms with Gasteiger partial charge in [-0.05, 0) is 18.2 Å². The van der Waals surface area contributed by atoms with Gasteiger partial charge in [-0.15, -0.1) is 0 Å². The van der Waals surface area contributed by atoms with Crippen molar-refractivity contribution >= 4 is 12.0 Å². The van der Waals surface area contributed by atoms with Crippen LogP contribution >= 0.6 is 0 Å². The van der Waals surface area contributed by atoms with E-state index < -0.39 is 23.6 Å². The number of nitrogens with two attached hydrogens (primary N) is 1. The zero-order valence-corrected chi connectivity index (χ0v) is 9.57. The first-order chi connectivity index (χ1) is 8.54. The van der Waals surface area contributed by atoms with E-state index in [2.05, 4.69) is 5.32 Å². The van der Waals surface area contributed by atoms with Crippen molar-refractivity contribution in [1.29, 1.82) is 0 Å². The molecule has 4 nitrogen and oxygen atoms in total. The Morgan fingerprint density at radius 3 is 2.61 bits per heavy atom. The number of carbonyl (C=O) groups is 1. The van der Waals surface area contributed by atoms with Crippen molar-refractivity contribution in [3.05, 3.63) is 41.5 Å². The summed E-state index contributed by atoms with van der Waals surface area (Å²) in [6.45, 7) is 0.00532. The van der Waals surface area contributed by atoms with E-state index in [4.69, 9.17) is 10.8 Å². The molecule has 1 rings (SSSR count). The molecule has 0 aliphatic rings. The lowest BCUT2D eigenvalue weighted by Gasteiger charge is -2.07. The number of hydrogen-bond donors (Lipinski definition) is 3. The average molecular weight is 256 g/mol. The van der Waals surface area contributed by atoms with Crippen molar-refractivity contribution in [1.82, 2.24) is 5.32 Å². The third-order valence-corrected chi connectivity index (χ3v) is 2.19. The summed E-state index contributed by atoms with van der Waals surface area (Å²) in [6, 6.07) is 3.43. The second-order valence-corrected chi connectivity index (χ2v) is 3.60. The lowest BCUT2D eigenvalue weighted by Crippen LogP contribution is -2.35. The molecule has 0 heterocycles. The Balaban J connectivity index is 2.61. The summed E-state index contributed by atoms with van der Waals surface area (Å²) in [7, 11) is 0. The molecule has 0 fully saturated rings. The van der Waals surface area contributed by atoms with Crippen LogP contribution < -0.4 is 11.1 Å². The molecule has 1 aromatic carbocycles. The highest BCUT2D eigenvalue weighted by atomic mass is 19.1. The topological polar surface area (TPSA) is 75.3 Å². The molecule has 0 saturated carbocycles. The third kappa shape index (κ3) is 4.23. The summed E-state index contributed by atoms with van der Waals surface area (Å²) in [5, 5.41) is 11.4. The zero-order chi connectivity index (χ0) is 13.5. The van der Waals surface area contributed by atoms with E-state index in [9.17, 15) is 13.6 Å². The van der Waals surface area contributed by atoms with E-state index in [0.717, 1.165) is 24.3 Å². The Kier molecular flexibility index (Phi) is 5.41. The molecule has 6 heteroatoms. The minimum Gasteiger partial charge on any atom is -0.390 e. The van der Waals surface area contributed by atoms with Gasteiger partial charge in [0.15, 0.2) is 0 Å². The maximum atomic E-state index is 13.2. The van der Waals surface area contributed by atoms with Crippen molar-refractivity contribution in [2.45, 2.75) is 6.10 Å². The van der Waals surface area contributed by atoms with Crippen molar-refractivity contribution in [3.63, 3.8) is 0 Å². The standard InChI is InChI=1S/C12H14F2N2O2/c13-10-2-1-3-11(14)9(10)4-5-12(18)16-7-8(17)6-15/h1-5,8,17H,6-7,15H2,(H,16,18). The number of aliphatic hydroxyl groups excluding tert-OH is 1. The smallest absolute Gasteiger partial charge is 0.244 e. The van der Waals surface area contributed by atoms with Gasteiger partial charge in [-0.1, -0.05) is 6.07 Å². The van der Waals surface area contributed by atoms with Crippen LogP contribution in [-0.2, 0) is 4.79 Å². The van der Waals surface area contributed by atoms with E-state index >= 15 is 0 Å². The van der Waals surface area contributed by atoms with Gasteiger partial charge in [0.05, 0.1) is 6.10 Å². The predicted molar refractivity (Wildman–Crippen MR) is 63.5 cm³/mol. The van der Waals surface area contributed by atoms with Crippen LogP contribution in [0.25, 0.3) is 6.08 Å². The number of carbonyl (C=O) groups excluding carboxylic acids is 1. The molecule has 0 spiro atoms. The summed E-state index contributed by atoms with van der Waals surface area (Å²) < 4.78 is 26.4. The molecule has 1 unspecified atom stereocenters. The minimum atomic E-state index is -0.840. The van der Waals surface area contributed by atoms with Crippen LogP contribution in [0.2, 0.25) is 0 Å². The molecule has 0 bridgehead atoms. The Morgan fingerprint density at radius 1 is 1.44 bits per heavy atom. The van der Waals surface area contributed by atoms with Crippen molar-refractivity contribution in [2.24, 2.45) is 5.73 Å². The van der Waals surface area contributed by atoms with Crippen LogP contribution in [0.15, 0.2) is 24.3 Å². The Hall–Kier alpha value is -1.79. The van der Waals surface area contributed by atoms with E-state index in [1.54, 1.807) is 0 Å². The fourth-order valence-electron chi connectivity index (χ4n) is 1.19. The summed E-state index contributed by atoms with van der Waals surface area (Å²) in [5.41, 5.74) is 4.86. The van der Waals surface area contributed by atoms with Crippen molar-refractivity contribution in [2.75, 3.05) is 13.1 Å². The van der Waals surface area contributed by atoms with Crippen molar-refractivity contribution < 1.29 is 18.7 Å². The highest BCUT2D eigenvalue weighted by molar-refractivity contribution is 5.91. The molecule has 0 saturated heterocycles. The summed E-state index contributed by atoms with van der Waals surface area (Å²) >= 11 is 0. The Labute approximate surface area is 103 Å². The SMILES string of the molecule is NCC(O)CNC(=O)C=Cc1c(F)cccc1F. The molecule has 4 N–H and O–H groups in total. The third-order valence-electron chi connectivity index (χ3n) is 2.19. The van der Waals surface area contributed by atoms with E-state index in [1.807, 2.05) is 0 Å². The summed E-state index contributed by atoms with van der Waals surface area (Å²) in [6.07, 6.45) is 1.19. The zero-order valence-electron chi connectivity index (χ0n) is 9.57. The molecule has 0 aliphatic heterocycles. The molecule has 0 radical (unpaired) electrons. The molecule has 18 heavy (non-hydrogen) atoms. The number of amides is 1. The summed E-state index contributed by atoms with van der Waals surface area (Å²) in [5.74, 6) is -2.06. The molecular formula is C12H14F2N2O2. The van der Waals surface area contributed by atoms with Crippen LogP contribution in [0.4, 0.5) is 8.78 Å². The minimum absolute atomic E-state index is 0.0145. The Bertz CT molecular complexity index is 429. The molecule has 1 amide bonds. The largest absolute Gasteiger partial charge is 0.390 e. The molecule has 0 aliphatic carbocycles. The highest BCUT2D eigenvalue weighted by Crippen LogP contribution is 2.13. The van der Waals surface area contributed by atoms with Crippen LogP contribution in [0, 0.1) is 11.6 Å². The number of hydrogen-bond acceptors (Lipinski definition) is 3. The van der Waals surface area contributed by atoms with Crippen molar-refractivity contribution in [3.8, 4) is 0 Å². The van der Waals surface area contributed by atoms with Gasteiger partial charge in [-0.25, -0.2) is 8.78 Å². The van der Waals surface area contributed by atoms with E-state index in [-0.39, 0.29) is 18.7 Å². The fourth-order valence-corrected chi connectivity index (χ4v) is 1.19. The van der Waals surface area contributed by atoms with Gasteiger partial charge in [-0.3, -0.25) is 4.79 Å². The number of nitrogens with one attached hydrogen (secondary N) is 1. The van der Waals surface area contributed by atoms with Crippen LogP contribution in [0.1, 0.15) is 5.56 Å². The highest BCUT2D eigenvalue weighted by Gasteiger charge is 2.06. The van der Waals surface area contributed by atoms with Gasteiger partial charge in [0.25, 0.3) is 0 Å². The number of aliphatic hydroxyl groups is 1. The second-order valence-electron chi connectivity index (χ2n) is 3.60. The quantitative estimate of drug-likeness (QED) is 0.668. The van der Waals surface area contributed by atoms with Gasteiger partial charge >= 0.3 is 0 Å². The van der Waals surface area contributed by atoms with E-state index in [1.165, 1.54) is 6.07 Å². The maximum Gasteiger partial charge on any atom is 0.244 e. The fraction of sp³-hybridized carbons (Fsp3) is 0.250. The molecule has 98 valence electrons. The maximum absolute atomic E-state index is 13.2. The van der Waals surface area contributed by atoms with Gasteiger partial charge < -0.3 is 16.2 Å². The molecule has 1 atom stereocenters. The lowest BCUT2D eigenvalue weighted by atomic mass is 10.2. The second kappa shape index (κ2) is 6.83. The van der Waals surface area contributed by atoms with Crippen LogP contribution in [-0.4, -0.2) is 30.2 Å².